The van der Waals surface area contributed by atoms with Crippen molar-refractivity contribution in [3.05, 3.63) is 83.4 Å². The summed E-state index contributed by atoms with van der Waals surface area (Å²) in [7, 11) is 1.60. The van der Waals surface area contributed by atoms with Crippen LogP contribution in [0.3, 0.4) is 0 Å². The first-order valence-electron chi connectivity index (χ1n) is 9.87. The maximum atomic E-state index is 12.6. The second-order valence-corrected chi connectivity index (χ2v) is 8.16. The molecule has 0 aliphatic heterocycles. The Labute approximate surface area is 200 Å². The van der Waals surface area contributed by atoms with Gasteiger partial charge in [0, 0.05) is 11.3 Å². The number of halogens is 1. The third-order valence-corrected chi connectivity index (χ3v) is 5.99. The van der Waals surface area contributed by atoms with Gasteiger partial charge in [-0.1, -0.05) is 47.6 Å². The van der Waals surface area contributed by atoms with E-state index in [1.54, 1.807) is 37.4 Å². The predicted molar refractivity (Wildman–Crippen MR) is 129 cm³/mol. The van der Waals surface area contributed by atoms with Gasteiger partial charge in [0.05, 0.1) is 29.1 Å². The largest absolute Gasteiger partial charge is 0.497 e. The van der Waals surface area contributed by atoms with E-state index in [0.717, 1.165) is 17.0 Å². The molecule has 0 saturated carbocycles. The van der Waals surface area contributed by atoms with E-state index >= 15 is 0 Å². The monoisotopic (exact) mass is 475 g/mol. The molecule has 4 aromatic rings. The number of rotatable bonds is 7. The van der Waals surface area contributed by atoms with Crippen LogP contribution in [0.5, 0.6) is 5.75 Å². The minimum Gasteiger partial charge on any atom is -0.497 e. The Morgan fingerprint density at radius 1 is 1.09 bits per heavy atom. The fraction of sp³-hybridized carbons (Fsp3) is 0.0833. The lowest BCUT2D eigenvalue weighted by atomic mass is 10.2. The average Bonchev–Trinajstić information content (AvgIpc) is 3.27. The van der Waals surface area contributed by atoms with Crippen molar-refractivity contribution >= 4 is 35.0 Å². The molecule has 9 heteroatoms. The highest BCUT2D eigenvalue weighted by molar-refractivity contribution is 7.99. The molecule has 33 heavy (non-hydrogen) atoms. The molecule has 1 N–H and O–H groups in total. The van der Waals surface area contributed by atoms with Gasteiger partial charge in [0.15, 0.2) is 11.0 Å². The van der Waals surface area contributed by atoms with E-state index < -0.39 is 0 Å². The van der Waals surface area contributed by atoms with Crippen LogP contribution in [0.25, 0.3) is 17.1 Å². The molecule has 0 aliphatic carbocycles. The zero-order valence-electron chi connectivity index (χ0n) is 17.5. The van der Waals surface area contributed by atoms with E-state index in [4.69, 9.17) is 16.3 Å². The lowest BCUT2D eigenvalue weighted by molar-refractivity contribution is -0.113. The highest BCUT2D eigenvalue weighted by Gasteiger charge is 2.19. The van der Waals surface area contributed by atoms with Gasteiger partial charge in [0.2, 0.25) is 5.91 Å². The summed E-state index contributed by atoms with van der Waals surface area (Å²) in [6.45, 7) is 0. The van der Waals surface area contributed by atoms with Crippen LogP contribution >= 0.6 is 23.4 Å². The summed E-state index contributed by atoms with van der Waals surface area (Å²) < 4.78 is 7.11. The van der Waals surface area contributed by atoms with Gasteiger partial charge in [-0.25, -0.2) is 0 Å². The number of aromatic nitrogens is 3. The molecule has 164 valence electrons. The minimum absolute atomic E-state index is 0.0799. The third kappa shape index (κ3) is 5.00. The highest BCUT2D eigenvalue weighted by atomic mass is 35.5. The van der Waals surface area contributed by atoms with Crippen LogP contribution in [0.15, 0.2) is 78.0 Å². The Morgan fingerprint density at radius 2 is 1.82 bits per heavy atom. The Kier molecular flexibility index (Phi) is 6.93. The number of hydrogen-bond acceptors (Lipinski definition) is 6. The fourth-order valence-electron chi connectivity index (χ4n) is 3.15. The minimum atomic E-state index is -0.258. The summed E-state index contributed by atoms with van der Waals surface area (Å²) in [6, 6.07) is 23.7. The normalized spacial score (nSPS) is 10.5. The molecule has 4 rings (SSSR count). The van der Waals surface area contributed by atoms with E-state index in [-0.39, 0.29) is 11.7 Å². The predicted octanol–water partition coefficient (Wildman–Crippen LogP) is 5.20. The van der Waals surface area contributed by atoms with Crippen molar-refractivity contribution in [3.8, 4) is 28.9 Å². The van der Waals surface area contributed by atoms with Gasteiger partial charge in [-0.3, -0.25) is 9.36 Å². The quantitative estimate of drug-likeness (QED) is 0.369. The second kappa shape index (κ2) is 10.2. The number of anilines is 1. The lowest BCUT2D eigenvalue weighted by Gasteiger charge is -2.12. The molecular weight excluding hydrogens is 458 g/mol. The van der Waals surface area contributed by atoms with Crippen molar-refractivity contribution in [1.82, 2.24) is 14.8 Å². The maximum Gasteiger partial charge on any atom is 0.234 e. The number of para-hydroxylation sites is 1. The zero-order valence-corrected chi connectivity index (χ0v) is 19.1. The van der Waals surface area contributed by atoms with E-state index in [2.05, 4.69) is 21.6 Å². The molecule has 0 radical (unpaired) electrons. The highest BCUT2D eigenvalue weighted by Crippen LogP contribution is 2.32. The van der Waals surface area contributed by atoms with Crippen molar-refractivity contribution < 1.29 is 9.53 Å². The Balaban J connectivity index is 1.63. The number of benzene rings is 3. The first kappa shape index (κ1) is 22.4. The summed E-state index contributed by atoms with van der Waals surface area (Å²) >= 11 is 7.66. The molecule has 0 aliphatic rings. The van der Waals surface area contributed by atoms with Crippen LogP contribution in [-0.4, -0.2) is 33.5 Å². The number of hydrogen-bond donors (Lipinski definition) is 1. The van der Waals surface area contributed by atoms with Crippen LogP contribution in [0.1, 0.15) is 5.56 Å². The Bertz CT molecular complexity index is 1330. The van der Waals surface area contributed by atoms with Crippen LogP contribution in [-0.2, 0) is 4.79 Å². The molecule has 7 nitrogen and oxygen atoms in total. The van der Waals surface area contributed by atoms with Gasteiger partial charge in [-0.05, 0) is 48.5 Å². The maximum absolute atomic E-state index is 12.6. The van der Waals surface area contributed by atoms with Crippen molar-refractivity contribution in [2.75, 3.05) is 18.2 Å². The summed E-state index contributed by atoms with van der Waals surface area (Å²) in [5.41, 5.74) is 2.40. The molecule has 0 bridgehead atoms. The number of nitrogens with zero attached hydrogens (tertiary/aromatic N) is 4. The second-order valence-electron chi connectivity index (χ2n) is 6.81. The molecule has 0 spiro atoms. The van der Waals surface area contributed by atoms with Crippen LogP contribution in [0.2, 0.25) is 5.02 Å². The summed E-state index contributed by atoms with van der Waals surface area (Å²) in [5, 5.41) is 21.7. The van der Waals surface area contributed by atoms with Gasteiger partial charge in [-0.15, -0.1) is 10.2 Å². The molecule has 1 heterocycles. The average molecular weight is 476 g/mol. The topological polar surface area (TPSA) is 92.8 Å². The molecule has 3 aromatic carbocycles. The van der Waals surface area contributed by atoms with Crippen LogP contribution < -0.4 is 10.1 Å². The number of carbonyl (C=O) groups excluding carboxylic acids is 1. The number of nitrogens with one attached hydrogen (secondary N) is 1. The smallest absolute Gasteiger partial charge is 0.234 e. The van der Waals surface area contributed by atoms with Crippen molar-refractivity contribution in [2.45, 2.75) is 5.16 Å². The number of nitriles is 1. The number of carbonyl (C=O) groups is 1. The van der Waals surface area contributed by atoms with Crippen LogP contribution in [0, 0.1) is 11.3 Å². The summed E-state index contributed by atoms with van der Waals surface area (Å²) in [6.07, 6.45) is 0. The number of thioether (sulfide) groups is 1. The van der Waals surface area contributed by atoms with Crippen molar-refractivity contribution in [1.29, 1.82) is 5.26 Å². The van der Waals surface area contributed by atoms with E-state index in [9.17, 15) is 10.1 Å². The third-order valence-electron chi connectivity index (χ3n) is 4.73. The number of amides is 1. The summed E-state index contributed by atoms with van der Waals surface area (Å²) in [5.74, 6) is 1.10. The van der Waals surface area contributed by atoms with Gasteiger partial charge in [-0.2, -0.15) is 5.26 Å². The van der Waals surface area contributed by atoms with Gasteiger partial charge in [0.1, 0.15) is 11.8 Å². The molecular formula is C24H18ClN5O2S. The number of methoxy groups -OCH3 is 1. The lowest BCUT2D eigenvalue weighted by Crippen LogP contribution is -2.15. The van der Waals surface area contributed by atoms with Gasteiger partial charge in [0.25, 0.3) is 0 Å². The zero-order chi connectivity index (χ0) is 23.2. The molecule has 1 amide bonds. The molecule has 0 unspecified atom stereocenters. The molecule has 0 fully saturated rings. The fourth-order valence-corrected chi connectivity index (χ4v) is 4.12. The van der Waals surface area contributed by atoms with E-state index in [1.165, 1.54) is 11.8 Å². The van der Waals surface area contributed by atoms with Crippen molar-refractivity contribution in [2.24, 2.45) is 0 Å². The number of ether oxygens (including phenoxy) is 1. The van der Waals surface area contributed by atoms with E-state index in [0.29, 0.717) is 27.3 Å². The van der Waals surface area contributed by atoms with Gasteiger partial charge >= 0.3 is 0 Å². The van der Waals surface area contributed by atoms with Crippen LogP contribution in [0.4, 0.5) is 5.69 Å². The Morgan fingerprint density at radius 3 is 2.55 bits per heavy atom. The molecule has 1 aromatic heterocycles. The first-order chi connectivity index (χ1) is 16.1. The van der Waals surface area contributed by atoms with Gasteiger partial charge < -0.3 is 10.1 Å². The standard InChI is InChI=1S/C24H18ClN5O2S/c1-32-18-12-10-17(11-13-18)30-23(19-7-3-4-8-20(19)25)28-29-24(30)33-15-22(31)27-21-9-5-2-6-16(21)14-26/h2-13H,15H2,1H3,(H,27,31). The molecule has 0 saturated heterocycles. The van der Waals surface area contributed by atoms with E-state index in [1.807, 2.05) is 47.0 Å². The molecule has 0 atom stereocenters. The Hall–Kier alpha value is -3.80. The first-order valence-corrected chi connectivity index (χ1v) is 11.2. The summed E-state index contributed by atoms with van der Waals surface area (Å²) in [4.78, 5) is 12.6. The van der Waals surface area contributed by atoms with Crippen molar-refractivity contribution in [3.63, 3.8) is 0 Å². The SMILES string of the molecule is COc1ccc(-n2c(SCC(=O)Nc3ccccc3C#N)nnc2-c2ccccc2Cl)cc1.